The third-order valence-electron chi connectivity index (χ3n) is 5.29. The third-order valence-corrected chi connectivity index (χ3v) is 5.29. The maximum atomic E-state index is 9.61. The summed E-state index contributed by atoms with van der Waals surface area (Å²) >= 11 is 0. The zero-order chi connectivity index (χ0) is 15.2. The van der Waals surface area contributed by atoms with Gasteiger partial charge in [0.05, 0.1) is 6.61 Å². The van der Waals surface area contributed by atoms with Crippen molar-refractivity contribution in [2.24, 2.45) is 0 Å². The lowest BCUT2D eigenvalue weighted by Crippen LogP contribution is -2.37. The molecule has 0 bridgehead atoms. The Morgan fingerprint density at radius 3 is 2.36 bits per heavy atom. The van der Waals surface area contributed by atoms with Crippen LogP contribution in [-0.4, -0.2) is 39.2 Å². The first-order valence-corrected chi connectivity index (χ1v) is 9.02. The number of aromatic nitrogens is 2. The zero-order valence-corrected chi connectivity index (χ0v) is 13.6. The second-order valence-electron chi connectivity index (χ2n) is 6.94. The van der Waals surface area contributed by atoms with Crippen molar-refractivity contribution in [2.75, 3.05) is 13.2 Å². The summed E-state index contributed by atoms with van der Waals surface area (Å²) in [5, 5.41) is 9.61. The van der Waals surface area contributed by atoms with Gasteiger partial charge < -0.3 is 5.11 Å². The molecule has 122 valence electrons. The molecular weight excluding hydrogens is 274 g/mol. The van der Waals surface area contributed by atoms with E-state index in [0.717, 1.165) is 25.3 Å². The first-order chi connectivity index (χ1) is 10.9. The Bertz CT molecular complexity index is 442. The van der Waals surface area contributed by atoms with Gasteiger partial charge in [-0.3, -0.25) is 4.90 Å². The first kappa shape index (κ1) is 15.9. The summed E-state index contributed by atoms with van der Waals surface area (Å²) in [5.41, 5.74) is 1.18. The van der Waals surface area contributed by atoms with Crippen LogP contribution in [0, 0.1) is 0 Å². The van der Waals surface area contributed by atoms with Crippen LogP contribution in [0.2, 0.25) is 0 Å². The van der Waals surface area contributed by atoms with Crippen molar-refractivity contribution < 1.29 is 5.11 Å². The first-order valence-electron chi connectivity index (χ1n) is 9.02. The van der Waals surface area contributed by atoms with Crippen molar-refractivity contribution in [1.29, 1.82) is 0 Å². The van der Waals surface area contributed by atoms with Crippen molar-refractivity contribution in [1.82, 2.24) is 14.9 Å². The van der Waals surface area contributed by atoms with Crippen molar-refractivity contribution >= 4 is 0 Å². The maximum Gasteiger partial charge on any atom is 0.131 e. The van der Waals surface area contributed by atoms with Gasteiger partial charge in [-0.2, -0.15) is 0 Å². The fraction of sp³-hybridized carbons (Fsp3) is 0.778. The van der Waals surface area contributed by atoms with Crippen LogP contribution in [0.25, 0.3) is 0 Å². The molecule has 3 rings (SSSR count). The van der Waals surface area contributed by atoms with Gasteiger partial charge in [0.2, 0.25) is 0 Å². The highest BCUT2D eigenvalue weighted by atomic mass is 16.3. The molecule has 22 heavy (non-hydrogen) atoms. The molecular formula is C18H29N3O. The summed E-state index contributed by atoms with van der Waals surface area (Å²) in [5.74, 6) is 1.62. The zero-order valence-electron chi connectivity index (χ0n) is 13.6. The number of nitrogens with zero attached hydrogens (tertiary/aromatic N) is 3. The van der Waals surface area contributed by atoms with Gasteiger partial charge in [-0.05, 0) is 32.2 Å². The van der Waals surface area contributed by atoms with Gasteiger partial charge in [0, 0.05) is 36.5 Å². The highest BCUT2D eigenvalue weighted by Gasteiger charge is 2.21. The highest BCUT2D eigenvalue weighted by Crippen LogP contribution is 2.30. The monoisotopic (exact) mass is 303 g/mol. The van der Waals surface area contributed by atoms with E-state index in [1.807, 2.05) is 12.4 Å². The molecule has 2 fully saturated rings. The summed E-state index contributed by atoms with van der Waals surface area (Å²) in [6, 6.07) is 0.306. The van der Waals surface area contributed by atoms with Crippen LogP contribution in [0.1, 0.15) is 75.1 Å². The van der Waals surface area contributed by atoms with Crippen LogP contribution in [0.5, 0.6) is 0 Å². The Hall–Kier alpha value is -1.00. The molecule has 4 heteroatoms. The quantitative estimate of drug-likeness (QED) is 0.927. The van der Waals surface area contributed by atoms with Gasteiger partial charge in [0.25, 0.3) is 0 Å². The lowest BCUT2D eigenvalue weighted by Gasteiger charge is -2.28. The Labute approximate surface area is 134 Å². The average Bonchev–Trinajstić information content (AvgIpc) is 2.81. The summed E-state index contributed by atoms with van der Waals surface area (Å²) < 4.78 is 0. The lowest BCUT2D eigenvalue weighted by atomic mass is 9.89. The molecule has 1 atom stereocenters. The molecule has 2 heterocycles. The molecule has 1 saturated heterocycles. The SMILES string of the molecule is OC[C@H]1CCCCCN1Cc1cnc(C2CCCCC2)nc1. The molecule has 0 unspecified atom stereocenters. The number of rotatable bonds is 4. The van der Waals surface area contributed by atoms with Crippen LogP contribution < -0.4 is 0 Å². The minimum atomic E-state index is 0.265. The van der Waals surface area contributed by atoms with E-state index in [1.54, 1.807) is 0 Å². The molecule has 1 aromatic heterocycles. The predicted molar refractivity (Wildman–Crippen MR) is 87.6 cm³/mol. The molecule has 0 radical (unpaired) electrons. The number of likely N-dealkylation sites (tertiary alicyclic amines) is 1. The standard InChI is InChI=1S/C18H29N3O/c22-14-17-9-5-2-6-10-21(17)13-15-11-19-18(20-12-15)16-7-3-1-4-8-16/h11-12,16-17,22H,1-10,13-14H2/t17-/m1/s1. The van der Waals surface area contributed by atoms with E-state index in [1.165, 1.54) is 56.9 Å². The molecule has 1 aliphatic carbocycles. The van der Waals surface area contributed by atoms with Gasteiger partial charge in [-0.25, -0.2) is 9.97 Å². The van der Waals surface area contributed by atoms with E-state index in [-0.39, 0.29) is 6.61 Å². The van der Waals surface area contributed by atoms with Crippen molar-refractivity contribution in [3.05, 3.63) is 23.8 Å². The second-order valence-corrected chi connectivity index (χ2v) is 6.94. The number of hydrogen-bond acceptors (Lipinski definition) is 4. The Morgan fingerprint density at radius 2 is 1.64 bits per heavy atom. The molecule has 0 amide bonds. The fourth-order valence-corrected chi connectivity index (χ4v) is 3.90. The van der Waals surface area contributed by atoms with Crippen molar-refractivity contribution in [3.63, 3.8) is 0 Å². The van der Waals surface area contributed by atoms with Crippen LogP contribution in [0.4, 0.5) is 0 Å². The highest BCUT2D eigenvalue weighted by molar-refractivity contribution is 5.08. The third kappa shape index (κ3) is 4.05. The van der Waals surface area contributed by atoms with Gasteiger partial charge in [-0.15, -0.1) is 0 Å². The van der Waals surface area contributed by atoms with Gasteiger partial charge >= 0.3 is 0 Å². The average molecular weight is 303 g/mol. The number of hydrogen-bond donors (Lipinski definition) is 1. The molecule has 0 aromatic carbocycles. The Morgan fingerprint density at radius 1 is 0.955 bits per heavy atom. The molecule has 0 spiro atoms. The van der Waals surface area contributed by atoms with E-state index >= 15 is 0 Å². The van der Waals surface area contributed by atoms with E-state index < -0.39 is 0 Å². The van der Waals surface area contributed by atoms with E-state index in [4.69, 9.17) is 0 Å². The maximum absolute atomic E-state index is 9.61. The molecule has 1 N–H and O–H groups in total. The molecule has 1 aliphatic heterocycles. The van der Waals surface area contributed by atoms with Crippen molar-refractivity contribution in [3.8, 4) is 0 Å². The van der Waals surface area contributed by atoms with Gasteiger partial charge in [0.15, 0.2) is 0 Å². The van der Waals surface area contributed by atoms with Gasteiger partial charge in [0.1, 0.15) is 5.82 Å². The van der Waals surface area contributed by atoms with E-state index in [0.29, 0.717) is 12.0 Å². The smallest absolute Gasteiger partial charge is 0.131 e. The van der Waals surface area contributed by atoms with Crippen LogP contribution in [0.3, 0.4) is 0 Å². The van der Waals surface area contributed by atoms with Gasteiger partial charge in [-0.1, -0.05) is 32.1 Å². The molecule has 2 aliphatic rings. The molecule has 1 aromatic rings. The summed E-state index contributed by atoms with van der Waals surface area (Å²) in [6.45, 7) is 2.22. The van der Waals surface area contributed by atoms with E-state index in [2.05, 4.69) is 14.9 Å². The normalized spacial score (nSPS) is 25.0. The number of aliphatic hydroxyl groups is 1. The minimum Gasteiger partial charge on any atom is -0.395 e. The summed E-state index contributed by atoms with van der Waals surface area (Å²) in [7, 11) is 0. The largest absolute Gasteiger partial charge is 0.395 e. The Kier molecular flexibility index (Phi) is 5.79. The fourth-order valence-electron chi connectivity index (χ4n) is 3.90. The topological polar surface area (TPSA) is 49.2 Å². The predicted octanol–water partition coefficient (Wildman–Crippen LogP) is 3.26. The Balaban J connectivity index is 1.62. The minimum absolute atomic E-state index is 0.265. The van der Waals surface area contributed by atoms with Crippen LogP contribution >= 0.6 is 0 Å². The summed E-state index contributed by atoms with van der Waals surface area (Å²) in [4.78, 5) is 11.7. The van der Waals surface area contributed by atoms with Crippen LogP contribution in [-0.2, 0) is 6.54 Å². The van der Waals surface area contributed by atoms with E-state index in [9.17, 15) is 5.11 Å². The second kappa shape index (κ2) is 8.02. The molecule has 1 saturated carbocycles. The summed E-state index contributed by atoms with van der Waals surface area (Å²) in [6.07, 6.45) is 15.4. The van der Waals surface area contributed by atoms with Crippen LogP contribution in [0.15, 0.2) is 12.4 Å². The molecule has 4 nitrogen and oxygen atoms in total. The lowest BCUT2D eigenvalue weighted by molar-refractivity contribution is 0.118. The van der Waals surface area contributed by atoms with Crippen molar-refractivity contribution in [2.45, 2.75) is 76.3 Å². The number of aliphatic hydroxyl groups excluding tert-OH is 1.